The SMILES string of the molecule is Cc1cc(C#N)ccc1COc1c(C)cccc1CO. The van der Waals surface area contributed by atoms with Crippen LogP contribution in [-0.2, 0) is 13.2 Å². The molecule has 0 saturated heterocycles. The molecule has 0 saturated carbocycles. The second-order valence-corrected chi connectivity index (χ2v) is 4.76. The lowest BCUT2D eigenvalue weighted by atomic mass is 10.1. The highest BCUT2D eigenvalue weighted by Gasteiger charge is 2.07. The summed E-state index contributed by atoms with van der Waals surface area (Å²) >= 11 is 0. The van der Waals surface area contributed by atoms with Crippen molar-refractivity contribution >= 4 is 0 Å². The molecule has 3 heteroatoms. The van der Waals surface area contributed by atoms with Crippen LogP contribution >= 0.6 is 0 Å². The van der Waals surface area contributed by atoms with Gasteiger partial charge in [-0.1, -0.05) is 24.3 Å². The maximum absolute atomic E-state index is 9.35. The van der Waals surface area contributed by atoms with Crippen LogP contribution in [0.5, 0.6) is 5.75 Å². The molecule has 0 aliphatic rings. The quantitative estimate of drug-likeness (QED) is 0.925. The van der Waals surface area contributed by atoms with Gasteiger partial charge in [-0.05, 0) is 42.7 Å². The first kappa shape index (κ1) is 14.1. The first-order valence-corrected chi connectivity index (χ1v) is 6.47. The predicted octanol–water partition coefficient (Wildman–Crippen LogP) is 3.25. The zero-order chi connectivity index (χ0) is 14.5. The van der Waals surface area contributed by atoms with E-state index < -0.39 is 0 Å². The van der Waals surface area contributed by atoms with E-state index in [9.17, 15) is 5.11 Å². The van der Waals surface area contributed by atoms with Crippen LogP contribution < -0.4 is 4.74 Å². The van der Waals surface area contributed by atoms with Crippen LogP contribution in [-0.4, -0.2) is 5.11 Å². The Morgan fingerprint density at radius 3 is 2.55 bits per heavy atom. The molecule has 102 valence electrons. The van der Waals surface area contributed by atoms with Gasteiger partial charge in [0.05, 0.1) is 18.2 Å². The lowest BCUT2D eigenvalue weighted by Gasteiger charge is -2.14. The molecule has 0 heterocycles. The number of aliphatic hydroxyl groups excluding tert-OH is 1. The fourth-order valence-electron chi connectivity index (χ4n) is 2.12. The third-order valence-corrected chi connectivity index (χ3v) is 3.31. The number of nitrogens with zero attached hydrogens (tertiary/aromatic N) is 1. The van der Waals surface area contributed by atoms with E-state index in [-0.39, 0.29) is 6.61 Å². The molecule has 2 aromatic rings. The normalized spacial score (nSPS) is 10.1. The highest BCUT2D eigenvalue weighted by Crippen LogP contribution is 2.25. The summed E-state index contributed by atoms with van der Waals surface area (Å²) in [5.41, 5.74) is 4.51. The van der Waals surface area contributed by atoms with Crippen LogP contribution in [0.25, 0.3) is 0 Å². The van der Waals surface area contributed by atoms with E-state index in [2.05, 4.69) is 6.07 Å². The summed E-state index contributed by atoms with van der Waals surface area (Å²) < 4.78 is 5.86. The van der Waals surface area contributed by atoms with Crippen molar-refractivity contribution in [3.05, 3.63) is 64.2 Å². The average Bonchev–Trinajstić information content (AvgIpc) is 2.46. The smallest absolute Gasteiger partial charge is 0.128 e. The molecule has 0 bridgehead atoms. The number of nitriles is 1. The number of aryl methyl sites for hydroxylation is 2. The Hall–Kier alpha value is -2.31. The van der Waals surface area contributed by atoms with Gasteiger partial charge < -0.3 is 9.84 Å². The summed E-state index contributed by atoms with van der Waals surface area (Å²) in [5, 5.41) is 18.2. The highest BCUT2D eigenvalue weighted by atomic mass is 16.5. The molecular weight excluding hydrogens is 250 g/mol. The second-order valence-electron chi connectivity index (χ2n) is 4.76. The number of aliphatic hydroxyl groups is 1. The third-order valence-electron chi connectivity index (χ3n) is 3.31. The topological polar surface area (TPSA) is 53.2 Å². The van der Waals surface area contributed by atoms with E-state index in [1.54, 1.807) is 6.07 Å². The molecular formula is C17H17NO2. The Morgan fingerprint density at radius 2 is 1.90 bits per heavy atom. The zero-order valence-corrected chi connectivity index (χ0v) is 11.7. The van der Waals surface area contributed by atoms with Crippen LogP contribution in [0, 0.1) is 25.2 Å². The summed E-state index contributed by atoms with van der Waals surface area (Å²) in [5.74, 6) is 0.735. The van der Waals surface area contributed by atoms with Crippen molar-refractivity contribution in [3.8, 4) is 11.8 Å². The van der Waals surface area contributed by atoms with E-state index in [4.69, 9.17) is 10.00 Å². The standard InChI is InChI=1S/C17H17NO2/c1-12-4-3-5-15(10-19)17(12)20-11-16-7-6-14(9-18)8-13(16)2/h3-8,19H,10-11H2,1-2H3. The second kappa shape index (κ2) is 6.23. The summed E-state index contributed by atoms with van der Waals surface area (Å²) in [7, 11) is 0. The molecule has 0 fully saturated rings. The van der Waals surface area contributed by atoms with Gasteiger partial charge in [0.15, 0.2) is 0 Å². The van der Waals surface area contributed by atoms with Gasteiger partial charge >= 0.3 is 0 Å². The fourth-order valence-corrected chi connectivity index (χ4v) is 2.12. The van der Waals surface area contributed by atoms with E-state index in [0.717, 1.165) is 28.0 Å². The lowest BCUT2D eigenvalue weighted by Crippen LogP contribution is -2.02. The number of hydrogen-bond acceptors (Lipinski definition) is 3. The number of para-hydroxylation sites is 1. The van der Waals surface area contributed by atoms with Crippen LogP contribution in [0.2, 0.25) is 0 Å². The van der Waals surface area contributed by atoms with Gasteiger partial charge in [0, 0.05) is 5.56 Å². The Balaban J connectivity index is 2.19. The Labute approximate surface area is 119 Å². The monoisotopic (exact) mass is 267 g/mol. The molecule has 20 heavy (non-hydrogen) atoms. The number of hydrogen-bond donors (Lipinski definition) is 1. The minimum Gasteiger partial charge on any atom is -0.488 e. The van der Waals surface area contributed by atoms with E-state index in [1.807, 2.05) is 44.2 Å². The van der Waals surface area contributed by atoms with Gasteiger partial charge in [-0.2, -0.15) is 5.26 Å². The van der Waals surface area contributed by atoms with Crippen LogP contribution in [0.3, 0.4) is 0 Å². The molecule has 2 aromatic carbocycles. The number of benzene rings is 2. The first-order valence-electron chi connectivity index (χ1n) is 6.47. The van der Waals surface area contributed by atoms with Crippen molar-refractivity contribution < 1.29 is 9.84 Å². The lowest BCUT2D eigenvalue weighted by molar-refractivity contribution is 0.258. The molecule has 0 aliphatic heterocycles. The maximum atomic E-state index is 9.35. The van der Waals surface area contributed by atoms with Crippen molar-refractivity contribution in [2.24, 2.45) is 0 Å². The molecule has 2 rings (SSSR count). The molecule has 1 N–H and O–H groups in total. The third kappa shape index (κ3) is 2.98. The van der Waals surface area contributed by atoms with Gasteiger partial charge in [0.1, 0.15) is 12.4 Å². The molecule has 0 radical (unpaired) electrons. The minimum absolute atomic E-state index is 0.0383. The molecule has 0 aromatic heterocycles. The molecule has 0 spiro atoms. The van der Waals surface area contributed by atoms with Crippen molar-refractivity contribution in [1.82, 2.24) is 0 Å². The molecule has 0 atom stereocenters. The Morgan fingerprint density at radius 1 is 1.10 bits per heavy atom. The minimum atomic E-state index is -0.0383. The molecule has 0 amide bonds. The Kier molecular flexibility index (Phi) is 4.39. The van der Waals surface area contributed by atoms with Crippen molar-refractivity contribution in [2.75, 3.05) is 0 Å². The summed E-state index contributed by atoms with van der Waals surface area (Å²) in [6.45, 7) is 4.31. The van der Waals surface area contributed by atoms with Gasteiger partial charge in [0.25, 0.3) is 0 Å². The average molecular weight is 267 g/mol. The fraction of sp³-hybridized carbons (Fsp3) is 0.235. The van der Waals surface area contributed by atoms with Gasteiger partial charge in [-0.25, -0.2) is 0 Å². The Bertz CT molecular complexity index is 657. The van der Waals surface area contributed by atoms with Crippen LogP contribution in [0.15, 0.2) is 36.4 Å². The van der Waals surface area contributed by atoms with Gasteiger partial charge in [0.2, 0.25) is 0 Å². The van der Waals surface area contributed by atoms with E-state index >= 15 is 0 Å². The summed E-state index contributed by atoms with van der Waals surface area (Å²) in [6.07, 6.45) is 0. The summed E-state index contributed by atoms with van der Waals surface area (Å²) in [4.78, 5) is 0. The van der Waals surface area contributed by atoms with Crippen molar-refractivity contribution in [1.29, 1.82) is 5.26 Å². The predicted molar refractivity (Wildman–Crippen MR) is 77.3 cm³/mol. The first-order chi connectivity index (χ1) is 9.65. The van der Waals surface area contributed by atoms with Crippen LogP contribution in [0.1, 0.15) is 27.8 Å². The molecule has 3 nitrogen and oxygen atoms in total. The van der Waals surface area contributed by atoms with Gasteiger partial charge in [-0.3, -0.25) is 0 Å². The highest BCUT2D eigenvalue weighted by molar-refractivity contribution is 5.41. The largest absolute Gasteiger partial charge is 0.488 e. The number of ether oxygens (including phenoxy) is 1. The number of rotatable bonds is 4. The van der Waals surface area contributed by atoms with E-state index in [0.29, 0.717) is 12.2 Å². The molecule has 0 unspecified atom stereocenters. The molecule has 0 aliphatic carbocycles. The summed E-state index contributed by atoms with van der Waals surface area (Å²) in [6, 6.07) is 13.4. The van der Waals surface area contributed by atoms with Gasteiger partial charge in [-0.15, -0.1) is 0 Å². The zero-order valence-electron chi connectivity index (χ0n) is 11.7. The van der Waals surface area contributed by atoms with Crippen molar-refractivity contribution in [3.63, 3.8) is 0 Å². The maximum Gasteiger partial charge on any atom is 0.128 e. The van der Waals surface area contributed by atoms with Crippen LogP contribution in [0.4, 0.5) is 0 Å². The van der Waals surface area contributed by atoms with Crippen molar-refractivity contribution in [2.45, 2.75) is 27.1 Å². The van der Waals surface area contributed by atoms with E-state index in [1.165, 1.54) is 0 Å².